The molecule has 0 bridgehead atoms. The molecule has 2 aromatic carbocycles. The molecule has 8 heteroatoms. The van der Waals surface area contributed by atoms with E-state index in [9.17, 15) is 13.2 Å². The van der Waals surface area contributed by atoms with E-state index < -0.39 is 11.7 Å². The van der Waals surface area contributed by atoms with Crippen molar-refractivity contribution >= 4 is 12.0 Å². The lowest BCUT2D eigenvalue weighted by molar-refractivity contribution is -0.137. The normalized spacial score (nSPS) is 15.5. The molecule has 1 aliphatic heterocycles. The second-order valence-corrected chi connectivity index (χ2v) is 7.32. The zero-order chi connectivity index (χ0) is 21.7. The van der Waals surface area contributed by atoms with Gasteiger partial charge in [-0.25, -0.2) is 4.98 Å². The van der Waals surface area contributed by atoms with Crippen LogP contribution in [-0.2, 0) is 6.18 Å². The molecule has 0 amide bonds. The lowest BCUT2D eigenvalue weighted by Crippen LogP contribution is -2.47. The third kappa shape index (κ3) is 5.46. The molecule has 1 aliphatic rings. The molecule has 1 aromatic heterocycles. The monoisotopic (exact) mass is 425 g/mol. The lowest BCUT2D eigenvalue weighted by Gasteiger charge is -2.33. The van der Waals surface area contributed by atoms with Gasteiger partial charge in [-0.1, -0.05) is 54.6 Å². The molecule has 4 rings (SSSR count). The number of aromatic nitrogens is 3. The van der Waals surface area contributed by atoms with Crippen molar-refractivity contribution in [3.8, 4) is 11.3 Å². The molecule has 0 aliphatic carbocycles. The van der Waals surface area contributed by atoms with E-state index in [1.54, 1.807) is 0 Å². The summed E-state index contributed by atoms with van der Waals surface area (Å²) in [6.45, 7) is 4.13. The molecule has 0 spiro atoms. The smallest absolute Gasteiger partial charge is 0.337 e. The summed E-state index contributed by atoms with van der Waals surface area (Å²) in [4.78, 5) is 8.93. The molecule has 31 heavy (non-hydrogen) atoms. The number of rotatable bonds is 5. The fraction of sp³-hybridized carbons (Fsp3) is 0.261. The summed E-state index contributed by atoms with van der Waals surface area (Å²) < 4.78 is 38.3. The van der Waals surface area contributed by atoms with Gasteiger partial charge in [-0.15, -0.1) is 5.10 Å². The fourth-order valence-corrected chi connectivity index (χ4v) is 3.43. The second-order valence-electron chi connectivity index (χ2n) is 7.32. The van der Waals surface area contributed by atoms with Crippen LogP contribution in [0.25, 0.3) is 17.3 Å². The summed E-state index contributed by atoms with van der Waals surface area (Å²) in [5.41, 5.74) is 1.58. The Hall–Kier alpha value is -3.26. The Morgan fingerprint density at radius 3 is 2.29 bits per heavy atom. The number of halogens is 3. The van der Waals surface area contributed by atoms with Gasteiger partial charge in [0.25, 0.3) is 0 Å². The van der Waals surface area contributed by atoms with Crippen molar-refractivity contribution in [2.45, 2.75) is 6.18 Å². The van der Waals surface area contributed by atoms with Crippen LogP contribution in [0.1, 0.15) is 11.1 Å². The van der Waals surface area contributed by atoms with Crippen molar-refractivity contribution in [1.82, 2.24) is 20.1 Å². The van der Waals surface area contributed by atoms with Gasteiger partial charge in [-0.2, -0.15) is 18.3 Å². The van der Waals surface area contributed by atoms with Crippen LogP contribution in [0.5, 0.6) is 0 Å². The molecule has 0 N–H and O–H groups in total. The molecule has 2 heterocycles. The Balaban J connectivity index is 1.35. The molecule has 3 aromatic rings. The minimum absolute atomic E-state index is 0.497. The highest BCUT2D eigenvalue weighted by Gasteiger charge is 2.30. The molecule has 5 nitrogen and oxygen atoms in total. The molecule has 0 radical (unpaired) electrons. The highest BCUT2D eigenvalue weighted by atomic mass is 19.4. The first-order valence-corrected chi connectivity index (χ1v) is 10.1. The van der Waals surface area contributed by atoms with Crippen molar-refractivity contribution in [1.29, 1.82) is 0 Å². The maximum absolute atomic E-state index is 12.8. The predicted octanol–water partition coefficient (Wildman–Crippen LogP) is 4.39. The summed E-state index contributed by atoms with van der Waals surface area (Å²) >= 11 is 0. The minimum Gasteiger partial charge on any atom is -0.337 e. The lowest BCUT2D eigenvalue weighted by atomic mass is 10.1. The van der Waals surface area contributed by atoms with E-state index in [0.717, 1.165) is 44.9 Å². The van der Waals surface area contributed by atoms with Gasteiger partial charge in [-0.3, -0.25) is 4.90 Å². The largest absolute Gasteiger partial charge is 0.416 e. The number of nitrogens with zero attached hydrogens (tertiary/aromatic N) is 5. The first-order valence-electron chi connectivity index (χ1n) is 10.1. The van der Waals surface area contributed by atoms with Gasteiger partial charge in [0.1, 0.15) is 0 Å². The van der Waals surface area contributed by atoms with Crippen LogP contribution >= 0.6 is 0 Å². The third-order valence-corrected chi connectivity index (χ3v) is 5.18. The van der Waals surface area contributed by atoms with Crippen LogP contribution in [0.3, 0.4) is 0 Å². The Bertz CT molecular complexity index is 1010. The maximum Gasteiger partial charge on any atom is 0.416 e. The first kappa shape index (κ1) is 21.0. The molecule has 0 unspecified atom stereocenters. The summed E-state index contributed by atoms with van der Waals surface area (Å²) in [6, 6.07) is 15.1. The van der Waals surface area contributed by atoms with Gasteiger partial charge in [-0.05, 0) is 17.7 Å². The first-order chi connectivity index (χ1) is 15.0. The van der Waals surface area contributed by atoms with Crippen LogP contribution in [0.4, 0.5) is 19.1 Å². The standard InChI is InChI=1S/C23H22F3N5/c24-23(25,26)20-10-8-19(9-11-20)21-17-27-29-22(28-21)31-15-13-30(14-16-31)12-4-7-18-5-2-1-3-6-18/h1-11,17H,12-16H2/b7-4+. The maximum atomic E-state index is 12.8. The quantitative estimate of drug-likeness (QED) is 0.607. The van der Waals surface area contributed by atoms with E-state index in [4.69, 9.17) is 0 Å². The number of alkyl halides is 3. The zero-order valence-corrected chi connectivity index (χ0v) is 16.8. The average Bonchev–Trinajstić information content (AvgIpc) is 2.80. The van der Waals surface area contributed by atoms with E-state index in [0.29, 0.717) is 17.2 Å². The van der Waals surface area contributed by atoms with E-state index in [1.165, 1.54) is 23.9 Å². The Morgan fingerprint density at radius 2 is 1.61 bits per heavy atom. The van der Waals surface area contributed by atoms with Crippen LogP contribution in [0.2, 0.25) is 0 Å². The van der Waals surface area contributed by atoms with E-state index in [-0.39, 0.29) is 0 Å². The van der Waals surface area contributed by atoms with Gasteiger partial charge in [0.05, 0.1) is 17.5 Å². The van der Waals surface area contributed by atoms with Crippen molar-refractivity contribution < 1.29 is 13.2 Å². The summed E-state index contributed by atoms with van der Waals surface area (Å²) in [5, 5.41) is 8.13. The van der Waals surface area contributed by atoms with Crippen molar-refractivity contribution in [3.05, 3.63) is 78.0 Å². The van der Waals surface area contributed by atoms with Gasteiger partial charge in [0.2, 0.25) is 5.95 Å². The summed E-state index contributed by atoms with van der Waals surface area (Å²) in [7, 11) is 0. The van der Waals surface area contributed by atoms with Crippen LogP contribution < -0.4 is 4.90 Å². The number of hydrogen-bond acceptors (Lipinski definition) is 5. The Kier molecular flexibility index (Phi) is 6.27. The Morgan fingerprint density at radius 1 is 0.903 bits per heavy atom. The van der Waals surface area contributed by atoms with Crippen molar-refractivity contribution in [2.75, 3.05) is 37.6 Å². The minimum atomic E-state index is -4.36. The highest BCUT2D eigenvalue weighted by Crippen LogP contribution is 2.30. The van der Waals surface area contributed by atoms with E-state index >= 15 is 0 Å². The summed E-state index contributed by atoms with van der Waals surface area (Å²) in [5.74, 6) is 0.497. The zero-order valence-electron chi connectivity index (χ0n) is 16.8. The highest BCUT2D eigenvalue weighted by molar-refractivity contribution is 5.59. The molecule has 160 valence electrons. The SMILES string of the molecule is FC(F)(F)c1ccc(-c2cnnc(N3CCN(C/C=C/c4ccccc4)CC3)n2)cc1. The van der Waals surface area contributed by atoms with Gasteiger partial charge in [0, 0.05) is 38.3 Å². The van der Waals surface area contributed by atoms with Crippen LogP contribution in [0, 0.1) is 0 Å². The van der Waals surface area contributed by atoms with Gasteiger partial charge < -0.3 is 4.90 Å². The number of benzene rings is 2. The molecule has 1 saturated heterocycles. The number of piperazine rings is 1. The molecule has 1 fully saturated rings. The average molecular weight is 425 g/mol. The molecular formula is C23H22F3N5. The van der Waals surface area contributed by atoms with Crippen LogP contribution in [-0.4, -0.2) is 52.8 Å². The van der Waals surface area contributed by atoms with Crippen molar-refractivity contribution in [3.63, 3.8) is 0 Å². The molecular weight excluding hydrogens is 403 g/mol. The van der Waals surface area contributed by atoms with Crippen molar-refractivity contribution in [2.24, 2.45) is 0 Å². The second kappa shape index (κ2) is 9.26. The topological polar surface area (TPSA) is 45.2 Å². The third-order valence-electron chi connectivity index (χ3n) is 5.18. The van der Waals surface area contributed by atoms with Gasteiger partial charge >= 0.3 is 6.18 Å². The number of hydrogen-bond donors (Lipinski definition) is 0. The van der Waals surface area contributed by atoms with Crippen LogP contribution in [0.15, 0.2) is 66.9 Å². The van der Waals surface area contributed by atoms with E-state index in [1.807, 2.05) is 18.2 Å². The molecule has 0 saturated carbocycles. The van der Waals surface area contributed by atoms with E-state index in [2.05, 4.69) is 49.3 Å². The number of anilines is 1. The predicted molar refractivity (Wildman–Crippen MR) is 114 cm³/mol. The molecule has 0 atom stereocenters. The summed E-state index contributed by atoms with van der Waals surface area (Å²) in [6.07, 6.45) is 1.39. The fourth-order valence-electron chi connectivity index (χ4n) is 3.43. The van der Waals surface area contributed by atoms with Gasteiger partial charge in [0.15, 0.2) is 0 Å². The Labute approximate surface area is 178 Å².